The Kier molecular flexibility index (Phi) is 3.08. The van der Waals surface area contributed by atoms with Crippen molar-refractivity contribution in [1.82, 2.24) is 0 Å². The second-order valence-corrected chi connectivity index (χ2v) is 7.98. The Morgan fingerprint density at radius 1 is 1.11 bits per heavy atom. The molecule has 0 saturated carbocycles. The highest BCUT2D eigenvalue weighted by Crippen LogP contribution is 2.36. The van der Waals surface area contributed by atoms with Gasteiger partial charge in [0.05, 0.1) is 10.6 Å². The zero-order chi connectivity index (χ0) is 13.6. The number of benzene rings is 1. The molecule has 0 atom stereocenters. The van der Waals surface area contributed by atoms with E-state index < -0.39 is 9.84 Å². The summed E-state index contributed by atoms with van der Waals surface area (Å²) in [6, 6.07) is 4.56. The van der Waals surface area contributed by atoms with Crippen LogP contribution in [0.5, 0.6) is 0 Å². The fraction of sp³-hybridized carbons (Fsp3) is 0.600. The minimum atomic E-state index is -3.01. The number of fused-ring (bicyclic) bond motifs is 2. The maximum absolute atomic E-state index is 12.0. The summed E-state index contributed by atoms with van der Waals surface area (Å²) in [4.78, 5) is 3.02. The highest BCUT2D eigenvalue weighted by molar-refractivity contribution is 7.91. The molecule has 2 aliphatic rings. The highest BCUT2D eigenvalue weighted by atomic mass is 32.2. The van der Waals surface area contributed by atoms with Crippen LogP contribution in [0.25, 0.3) is 0 Å². The molecule has 4 heteroatoms. The first-order valence-electron chi connectivity index (χ1n) is 7.14. The van der Waals surface area contributed by atoms with Gasteiger partial charge in [0, 0.05) is 18.3 Å². The fourth-order valence-electron chi connectivity index (χ4n) is 3.21. The summed E-state index contributed by atoms with van der Waals surface area (Å²) in [5.74, 6) is 0.285. The minimum Gasteiger partial charge on any atom is -0.369 e. The topological polar surface area (TPSA) is 37.4 Å². The van der Waals surface area contributed by atoms with Crippen molar-refractivity contribution < 1.29 is 8.42 Å². The van der Waals surface area contributed by atoms with E-state index in [0.29, 0.717) is 17.4 Å². The number of aryl methyl sites for hydroxylation is 2. The third kappa shape index (κ3) is 2.16. The SMILES string of the molecule is CC(C)N1CCCCc2cc3c(cc21)CCS3(=O)=O. The molecular formula is C15H21NO2S. The molecule has 19 heavy (non-hydrogen) atoms. The van der Waals surface area contributed by atoms with Gasteiger partial charge in [-0.1, -0.05) is 0 Å². The zero-order valence-corrected chi connectivity index (χ0v) is 12.5. The van der Waals surface area contributed by atoms with Crippen LogP contribution in [-0.2, 0) is 22.7 Å². The van der Waals surface area contributed by atoms with Crippen LogP contribution in [-0.4, -0.2) is 26.8 Å². The van der Waals surface area contributed by atoms with Crippen molar-refractivity contribution in [1.29, 1.82) is 0 Å². The highest BCUT2D eigenvalue weighted by Gasteiger charge is 2.29. The maximum atomic E-state index is 12.0. The molecule has 0 aliphatic carbocycles. The van der Waals surface area contributed by atoms with Gasteiger partial charge in [0.25, 0.3) is 0 Å². The quantitative estimate of drug-likeness (QED) is 0.793. The van der Waals surface area contributed by atoms with Gasteiger partial charge in [0.15, 0.2) is 9.84 Å². The van der Waals surface area contributed by atoms with Gasteiger partial charge >= 0.3 is 0 Å². The van der Waals surface area contributed by atoms with Crippen LogP contribution in [0.3, 0.4) is 0 Å². The van der Waals surface area contributed by atoms with Gasteiger partial charge < -0.3 is 4.90 Å². The molecule has 1 aromatic rings. The van der Waals surface area contributed by atoms with Crippen LogP contribution < -0.4 is 4.90 Å². The van der Waals surface area contributed by atoms with Crippen LogP contribution in [0.15, 0.2) is 17.0 Å². The van der Waals surface area contributed by atoms with Crippen LogP contribution in [0.4, 0.5) is 5.69 Å². The van der Waals surface area contributed by atoms with Crippen molar-refractivity contribution in [3.63, 3.8) is 0 Å². The standard InChI is InChI=1S/C15H21NO2S/c1-11(2)16-7-4-3-5-12-10-15-13(9-14(12)16)6-8-19(15,17)18/h9-11H,3-8H2,1-2H3. The molecule has 0 unspecified atom stereocenters. The van der Waals surface area contributed by atoms with E-state index in [9.17, 15) is 8.42 Å². The van der Waals surface area contributed by atoms with Gasteiger partial charge in [-0.05, 0) is 62.8 Å². The molecule has 0 fully saturated rings. The molecule has 1 aromatic carbocycles. The number of sulfone groups is 1. The Morgan fingerprint density at radius 3 is 2.63 bits per heavy atom. The van der Waals surface area contributed by atoms with E-state index >= 15 is 0 Å². The molecule has 0 bridgehead atoms. The molecule has 2 aliphatic heterocycles. The first-order valence-corrected chi connectivity index (χ1v) is 8.79. The predicted octanol–water partition coefficient (Wildman–Crippen LogP) is 2.57. The average molecular weight is 279 g/mol. The first kappa shape index (κ1) is 13.0. The third-order valence-corrected chi connectivity index (χ3v) is 6.06. The molecule has 0 N–H and O–H groups in total. The van der Waals surface area contributed by atoms with Crippen molar-refractivity contribution in [2.45, 2.75) is 50.5 Å². The molecule has 2 heterocycles. The van der Waals surface area contributed by atoms with E-state index in [2.05, 4.69) is 24.8 Å². The lowest BCUT2D eigenvalue weighted by Crippen LogP contribution is -2.31. The number of hydrogen-bond acceptors (Lipinski definition) is 3. The van der Waals surface area contributed by atoms with Gasteiger partial charge in [-0.3, -0.25) is 0 Å². The lowest BCUT2D eigenvalue weighted by Gasteiger charge is -2.29. The van der Waals surface area contributed by atoms with Gasteiger partial charge in [-0.2, -0.15) is 0 Å². The third-order valence-electron chi connectivity index (χ3n) is 4.26. The van der Waals surface area contributed by atoms with Crippen molar-refractivity contribution in [3.8, 4) is 0 Å². The Hall–Kier alpha value is -1.03. The Labute approximate surface area is 115 Å². The van der Waals surface area contributed by atoms with E-state index in [-0.39, 0.29) is 5.75 Å². The van der Waals surface area contributed by atoms with Crippen molar-refractivity contribution >= 4 is 15.5 Å². The number of nitrogens with zero attached hydrogens (tertiary/aromatic N) is 1. The van der Waals surface area contributed by atoms with Gasteiger partial charge in [0.2, 0.25) is 0 Å². The molecule has 104 valence electrons. The van der Waals surface area contributed by atoms with Crippen molar-refractivity contribution in [3.05, 3.63) is 23.3 Å². The summed E-state index contributed by atoms with van der Waals surface area (Å²) in [5.41, 5.74) is 3.50. The van der Waals surface area contributed by atoms with Crippen LogP contribution in [0, 0.1) is 0 Å². The number of anilines is 1. The summed E-state index contributed by atoms with van der Waals surface area (Å²) in [6.45, 7) is 5.49. The maximum Gasteiger partial charge on any atom is 0.178 e. The van der Waals surface area contributed by atoms with Crippen LogP contribution >= 0.6 is 0 Å². The Bertz CT molecular complexity index is 605. The summed E-state index contributed by atoms with van der Waals surface area (Å²) < 4.78 is 24.1. The summed E-state index contributed by atoms with van der Waals surface area (Å²) in [7, 11) is -3.01. The van der Waals surface area contributed by atoms with E-state index in [4.69, 9.17) is 0 Å². The lowest BCUT2D eigenvalue weighted by molar-refractivity contribution is 0.600. The Morgan fingerprint density at radius 2 is 1.89 bits per heavy atom. The largest absolute Gasteiger partial charge is 0.369 e. The molecule has 0 aromatic heterocycles. The first-order chi connectivity index (χ1) is 8.99. The molecule has 0 radical (unpaired) electrons. The second kappa shape index (κ2) is 4.51. The van der Waals surface area contributed by atoms with Crippen molar-refractivity contribution in [2.75, 3.05) is 17.2 Å². The van der Waals surface area contributed by atoms with Gasteiger partial charge in [-0.15, -0.1) is 0 Å². The summed E-state index contributed by atoms with van der Waals surface area (Å²) in [5, 5.41) is 0. The van der Waals surface area contributed by atoms with E-state index in [0.717, 1.165) is 24.9 Å². The normalized spacial score (nSPS) is 21.1. The predicted molar refractivity (Wildman–Crippen MR) is 77.6 cm³/mol. The molecule has 3 rings (SSSR count). The van der Waals surface area contributed by atoms with E-state index in [1.807, 2.05) is 6.07 Å². The van der Waals surface area contributed by atoms with Crippen LogP contribution in [0.1, 0.15) is 37.8 Å². The van der Waals surface area contributed by atoms with Crippen molar-refractivity contribution in [2.24, 2.45) is 0 Å². The van der Waals surface area contributed by atoms with E-state index in [1.165, 1.54) is 17.7 Å². The number of rotatable bonds is 1. The summed E-state index contributed by atoms with van der Waals surface area (Å²) >= 11 is 0. The average Bonchev–Trinajstić information content (AvgIpc) is 2.54. The molecule has 0 spiro atoms. The Balaban J connectivity index is 2.15. The molecule has 0 amide bonds. The molecule has 3 nitrogen and oxygen atoms in total. The molecule has 0 saturated heterocycles. The van der Waals surface area contributed by atoms with Gasteiger partial charge in [0.1, 0.15) is 0 Å². The number of hydrogen-bond donors (Lipinski definition) is 0. The lowest BCUT2D eigenvalue weighted by atomic mass is 10.0. The minimum absolute atomic E-state index is 0.285. The van der Waals surface area contributed by atoms with Gasteiger partial charge in [-0.25, -0.2) is 8.42 Å². The smallest absolute Gasteiger partial charge is 0.178 e. The second-order valence-electron chi connectivity index (χ2n) is 5.90. The fourth-order valence-corrected chi connectivity index (χ4v) is 4.81. The summed E-state index contributed by atoms with van der Waals surface area (Å²) in [6.07, 6.45) is 4.01. The monoisotopic (exact) mass is 279 g/mol. The molecular weight excluding hydrogens is 258 g/mol. The zero-order valence-electron chi connectivity index (χ0n) is 11.6. The van der Waals surface area contributed by atoms with Crippen LogP contribution in [0.2, 0.25) is 0 Å². The van der Waals surface area contributed by atoms with E-state index in [1.54, 1.807) is 0 Å².